The van der Waals surface area contributed by atoms with Gasteiger partial charge in [-0.25, -0.2) is 0 Å². The van der Waals surface area contributed by atoms with Crippen LogP contribution in [-0.2, 0) is 20.0 Å². The molecule has 2 aromatic carbocycles. The average Bonchev–Trinajstić information content (AvgIpc) is 2.55. The highest BCUT2D eigenvalue weighted by molar-refractivity contribution is 7.54. The molecule has 4 nitrogen and oxygen atoms in total. The average molecular weight is 305 g/mol. The van der Waals surface area contributed by atoms with Crippen molar-refractivity contribution in [2.45, 2.75) is 12.2 Å². The van der Waals surface area contributed by atoms with Crippen molar-refractivity contribution >= 4 is 13.3 Å². The lowest BCUT2D eigenvalue weighted by Crippen LogP contribution is -2.24. The summed E-state index contributed by atoms with van der Waals surface area (Å²) in [6.45, 7) is 0. The van der Waals surface area contributed by atoms with Gasteiger partial charge in [-0.05, 0) is 17.7 Å². The first kappa shape index (κ1) is 15.8. The van der Waals surface area contributed by atoms with E-state index >= 15 is 0 Å². The van der Waals surface area contributed by atoms with Gasteiger partial charge in [0.15, 0.2) is 0 Å². The molecule has 21 heavy (non-hydrogen) atoms. The van der Waals surface area contributed by atoms with Crippen LogP contribution in [0, 0.1) is 0 Å². The van der Waals surface area contributed by atoms with Gasteiger partial charge in [-0.1, -0.05) is 48.5 Å². The predicted molar refractivity (Wildman–Crippen MR) is 85.6 cm³/mol. The van der Waals surface area contributed by atoms with Gasteiger partial charge in [-0.2, -0.15) is 0 Å². The molecule has 0 saturated heterocycles. The Hall–Kier alpha value is -1.61. The van der Waals surface area contributed by atoms with Crippen LogP contribution in [0.5, 0.6) is 0 Å². The highest BCUT2D eigenvalue weighted by atomic mass is 31.2. The van der Waals surface area contributed by atoms with E-state index in [0.29, 0.717) is 6.42 Å². The van der Waals surface area contributed by atoms with Crippen molar-refractivity contribution in [1.29, 1.82) is 0 Å². The minimum atomic E-state index is -3.23. The van der Waals surface area contributed by atoms with Gasteiger partial charge in [-0.3, -0.25) is 4.57 Å². The van der Waals surface area contributed by atoms with Crippen LogP contribution in [0.25, 0.3) is 0 Å². The van der Waals surface area contributed by atoms with Crippen molar-refractivity contribution in [3.05, 3.63) is 66.2 Å². The summed E-state index contributed by atoms with van der Waals surface area (Å²) < 4.78 is 23.1. The molecule has 0 aliphatic heterocycles. The Morgan fingerprint density at radius 3 is 2.00 bits per heavy atom. The SMILES string of the molecule is COP(=O)(OC)C(Cc1ccccc1)Nc1ccccc1. The van der Waals surface area contributed by atoms with Crippen LogP contribution in [0.3, 0.4) is 0 Å². The van der Waals surface area contributed by atoms with Gasteiger partial charge in [0.25, 0.3) is 0 Å². The molecule has 112 valence electrons. The number of anilines is 1. The van der Waals surface area contributed by atoms with Crippen LogP contribution < -0.4 is 5.32 Å². The van der Waals surface area contributed by atoms with Crippen molar-refractivity contribution in [2.75, 3.05) is 19.5 Å². The van der Waals surface area contributed by atoms with Gasteiger partial charge in [-0.15, -0.1) is 0 Å². The van der Waals surface area contributed by atoms with E-state index < -0.39 is 13.4 Å². The zero-order valence-corrected chi connectivity index (χ0v) is 13.1. The Morgan fingerprint density at radius 1 is 0.952 bits per heavy atom. The second-order valence-electron chi connectivity index (χ2n) is 4.62. The molecular weight excluding hydrogens is 285 g/mol. The topological polar surface area (TPSA) is 47.6 Å². The van der Waals surface area contributed by atoms with Crippen LogP contribution in [0.4, 0.5) is 5.69 Å². The third-order valence-corrected chi connectivity index (χ3v) is 5.36. The number of rotatable bonds is 7. The maximum atomic E-state index is 12.8. The summed E-state index contributed by atoms with van der Waals surface area (Å²) in [4.78, 5) is 0. The maximum Gasteiger partial charge on any atom is 0.352 e. The molecule has 0 aliphatic rings. The van der Waals surface area contributed by atoms with Crippen molar-refractivity contribution < 1.29 is 13.6 Å². The summed E-state index contributed by atoms with van der Waals surface area (Å²) in [5.41, 5.74) is 1.95. The number of nitrogens with one attached hydrogen (secondary N) is 1. The summed E-state index contributed by atoms with van der Waals surface area (Å²) in [5.74, 6) is -0.447. The Bertz CT molecular complexity index is 539. The van der Waals surface area contributed by atoms with E-state index in [2.05, 4.69) is 5.32 Å². The van der Waals surface area contributed by atoms with Crippen LogP contribution in [0.1, 0.15) is 5.56 Å². The largest absolute Gasteiger partial charge is 0.371 e. The molecule has 0 radical (unpaired) electrons. The number of hydrogen-bond acceptors (Lipinski definition) is 4. The minimum absolute atomic E-state index is 0.447. The number of benzene rings is 2. The minimum Gasteiger partial charge on any atom is -0.371 e. The second kappa shape index (κ2) is 7.41. The normalized spacial score (nSPS) is 12.9. The van der Waals surface area contributed by atoms with Crippen LogP contribution >= 0.6 is 7.60 Å². The molecule has 1 atom stereocenters. The van der Waals surface area contributed by atoms with Crippen LogP contribution in [-0.4, -0.2) is 20.0 Å². The highest BCUT2D eigenvalue weighted by Gasteiger charge is 2.34. The molecule has 0 heterocycles. The summed E-state index contributed by atoms with van der Waals surface area (Å²) in [6, 6.07) is 19.5. The van der Waals surface area contributed by atoms with E-state index in [9.17, 15) is 4.57 Å². The molecule has 0 amide bonds. The quantitative estimate of drug-likeness (QED) is 0.781. The smallest absolute Gasteiger partial charge is 0.352 e. The summed E-state index contributed by atoms with van der Waals surface area (Å²) in [7, 11) is -0.410. The molecule has 0 aliphatic carbocycles. The summed E-state index contributed by atoms with van der Waals surface area (Å²) in [5, 5.41) is 3.26. The first-order valence-corrected chi connectivity index (χ1v) is 8.36. The number of hydrogen-bond donors (Lipinski definition) is 1. The predicted octanol–water partition coefficient (Wildman–Crippen LogP) is 4.15. The van der Waals surface area contributed by atoms with Crippen LogP contribution in [0.2, 0.25) is 0 Å². The van der Waals surface area contributed by atoms with Gasteiger partial charge in [0.1, 0.15) is 5.78 Å². The molecule has 2 aromatic rings. The maximum absolute atomic E-state index is 12.8. The third-order valence-electron chi connectivity index (χ3n) is 3.27. The first-order chi connectivity index (χ1) is 10.2. The second-order valence-corrected chi connectivity index (χ2v) is 7.05. The highest BCUT2D eigenvalue weighted by Crippen LogP contribution is 2.52. The Labute approximate surface area is 125 Å². The molecule has 0 aromatic heterocycles. The lowest BCUT2D eigenvalue weighted by molar-refractivity contribution is 0.268. The van der Waals surface area contributed by atoms with Crippen molar-refractivity contribution in [1.82, 2.24) is 0 Å². The molecule has 2 rings (SSSR count). The van der Waals surface area contributed by atoms with E-state index in [1.54, 1.807) is 0 Å². The zero-order valence-electron chi connectivity index (χ0n) is 12.2. The van der Waals surface area contributed by atoms with E-state index in [-0.39, 0.29) is 0 Å². The lowest BCUT2D eigenvalue weighted by atomic mass is 10.1. The van der Waals surface area contributed by atoms with Crippen molar-refractivity contribution in [3.63, 3.8) is 0 Å². The first-order valence-electron chi connectivity index (χ1n) is 6.74. The van der Waals surface area contributed by atoms with Crippen LogP contribution in [0.15, 0.2) is 60.7 Å². The van der Waals surface area contributed by atoms with Gasteiger partial charge in [0, 0.05) is 26.3 Å². The fourth-order valence-electron chi connectivity index (χ4n) is 2.14. The lowest BCUT2D eigenvalue weighted by Gasteiger charge is -2.26. The molecular formula is C16H20NO3P. The van der Waals surface area contributed by atoms with Gasteiger partial charge < -0.3 is 14.4 Å². The molecule has 0 saturated carbocycles. The molecule has 5 heteroatoms. The summed E-state index contributed by atoms with van der Waals surface area (Å²) >= 11 is 0. The summed E-state index contributed by atoms with van der Waals surface area (Å²) in [6.07, 6.45) is 0.550. The Balaban J connectivity index is 2.24. The van der Waals surface area contributed by atoms with Gasteiger partial charge in [0.05, 0.1) is 0 Å². The van der Waals surface area contributed by atoms with Gasteiger partial charge >= 0.3 is 7.60 Å². The Kier molecular flexibility index (Phi) is 5.57. The van der Waals surface area contributed by atoms with Crippen molar-refractivity contribution in [2.24, 2.45) is 0 Å². The van der Waals surface area contributed by atoms with E-state index in [1.807, 2.05) is 60.7 Å². The standard InChI is InChI=1S/C16H20NO3P/c1-19-21(18,20-2)16(13-14-9-5-3-6-10-14)17-15-11-7-4-8-12-15/h3-12,16-17H,13H2,1-2H3. The fraction of sp³-hybridized carbons (Fsp3) is 0.250. The monoisotopic (exact) mass is 305 g/mol. The third kappa shape index (κ3) is 4.18. The van der Waals surface area contributed by atoms with E-state index in [1.165, 1.54) is 14.2 Å². The van der Waals surface area contributed by atoms with Gasteiger partial charge in [0.2, 0.25) is 0 Å². The Morgan fingerprint density at radius 2 is 1.48 bits per heavy atom. The zero-order chi connectivity index (χ0) is 15.1. The molecule has 0 bridgehead atoms. The van der Waals surface area contributed by atoms with E-state index in [0.717, 1.165) is 11.3 Å². The van der Waals surface area contributed by atoms with E-state index in [4.69, 9.17) is 9.05 Å². The molecule has 1 N–H and O–H groups in total. The van der Waals surface area contributed by atoms with Crippen molar-refractivity contribution in [3.8, 4) is 0 Å². The molecule has 1 unspecified atom stereocenters. The molecule has 0 fully saturated rings. The number of para-hydroxylation sites is 1. The molecule has 0 spiro atoms. The fourth-order valence-corrected chi connectivity index (χ4v) is 3.53.